The van der Waals surface area contributed by atoms with Crippen LogP contribution < -0.4 is 10.5 Å². The molecular formula is C14H21NO4. The number of ether oxygens (including phenoxy) is 3. The van der Waals surface area contributed by atoms with E-state index in [0.29, 0.717) is 26.4 Å². The minimum Gasteiger partial charge on any atom is -0.491 e. The minimum absolute atomic E-state index is 0.0312. The minimum atomic E-state index is -0.451. The zero-order valence-corrected chi connectivity index (χ0v) is 11.3. The normalized spacial score (nSPS) is 10.4. The van der Waals surface area contributed by atoms with Crippen LogP contribution in [0.25, 0.3) is 0 Å². The van der Waals surface area contributed by atoms with Crippen LogP contribution >= 0.6 is 0 Å². The van der Waals surface area contributed by atoms with E-state index < -0.39 is 5.91 Å². The van der Waals surface area contributed by atoms with Gasteiger partial charge >= 0.3 is 0 Å². The van der Waals surface area contributed by atoms with Crippen molar-refractivity contribution in [1.29, 1.82) is 0 Å². The number of hydrogen-bond donors (Lipinski definition) is 1. The molecule has 0 fully saturated rings. The van der Waals surface area contributed by atoms with Gasteiger partial charge in [-0.2, -0.15) is 0 Å². The van der Waals surface area contributed by atoms with E-state index in [1.807, 2.05) is 31.2 Å². The number of hydrogen-bond acceptors (Lipinski definition) is 4. The Labute approximate surface area is 113 Å². The van der Waals surface area contributed by atoms with Crippen LogP contribution in [0.2, 0.25) is 0 Å². The number of amides is 1. The first kappa shape index (κ1) is 15.5. The maximum Gasteiger partial charge on any atom is 0.243 e. The monoisotopic (exact) mass is 267 g/mol. The van der Waals surface area contributed by atoms with Gasteiger partial charge in [0.15, 0.2) is 0 Å². The Kier molecular flexibility index (Phi) is 7.62. The van der Waals surface area contributed by atoms with Crippen molar-refractivity contribution in [3.05, 3.63) is 29.8 Å². The third kappa shape index (κ3) is 8.18. The topological polar surface area (TPSA) is 70.8 Å². The van der Waals surface area contributed by atoms with E-state index >= 15 is 0 Å². The third-order valence-electron chi connectivity index (χ3n) is 2.34. The second-order valence-electron chi connectivity index (χ2n) is 4.15. The Hall–Kier alpha value is -1.59. The third-order valence-corrected chi connectivity index (χ3v) is 2.34. The molecule has 106 valence electrons. The summed E-state index contributed by atoms with van der Waals surface area (Å²) < 4.78 is 15.9. The quantitative estimate of drug-likeness (QED) is 0.648. The molecule has 1 rings (SSSR count). The second-order valence-corrected chi connectivity index (χ2v) is 4.15. The number of benzene rings is 1. The molecule has 5 heteroatoms. The van der Waals surface area contributed by atoms with Crippen LogP contribution in [-0.4, -0.2) is 38.9 Å². The number of primary amides is 1. The SMILES string of the molecule is Cc1ccc(OCCOCCCOCC(N)=O)cc1. The lowest BCUT2D eigenvalue weighted by Gasteiger charge is -2.07. The van der Waals surface area contributed by atoms with Gasteiger partial charge in [0.25, 0.3) is 0 Å². The fraction of sp³-hybridized carbons (Fsp3) is 0.500. The average molecular weight is 267 g/mol. The van der Waals surface area contributed by atoms with E-state index in [0.717, 1.165) is 12.2 Å². The highest BCUT2D eigenvalue weighted by atomic mass is 16.5. The Morgan fingerprint density at radius 3 is 2.42 bits per heavy atom. The predicted octanol–water partition coefficient (Wildman–Crippen LogP) is 1.28. The van der Waals surface area contributed by atoms with E-state index in [2.05, 4.69) is 0 Å². The summed E-state index contributed by atoms with van der Waals surface area (Å²) in [5.41, 5.74) is 6.13. The van der Waals surface area contributed by atoms with Crippen LogP contribution in [-0.2, 0) is 14.3 Å². The van der Waals surface area contributed by atoms with Gasteiger partial charge in [-0.25, -0.2) is 0 Å². The molecule has 5 nitrogen and oxygen atoms in total. The molecule has 19 heavy (non-hydrogen) atoms. The van der Waals surface area contributed by atoms with E-state index in [1.54, 1.807) is 0 Å². The first-order valence-electron chi connectivity index (χ1n) is 6.32. The standard InChI is InChI=1S/C14H21NO4/c1-12-3-5-13(6-4-12)19-10-9-17-7-2-8-18-11-14(15)16/h3-6H,2,7-11H2,1H3,(H2,15,16). The van der Waals surface area contributed by atoms with Crippen molar-refractivity contribution in [1.82, 2.24) is 0 Å². The molecule has 1 aromatic rings. The van der Waals surface area contributed by atoms with Crippen molar-refractivity contribution < 1.29 is 19.0 Å². The number of rotatable bonds is 10. The zero-order valence-electron chi connectivity index (χ0n) is 11.3. The zero-order chi connectivity index (χ0) is 13.9. The van der Waals surface area contributed by atoms with Crippen LogP contribution in [0, 0.1) is 6.92 Å². The fourth-order valence-corrected chi connectivity index (χ4v) is 1.39. The number of carbonyl (C=O) groups is 1. The van der Waals surface area contributed by atoms with Gasteiger partial charge in [0.05, 0.1) is 6.61 Å². The van der Waals surface area contributed by atoms with Crippen LogP contribution in [0.1, 0.15) is 12.0 Å². The summed E-state index contributed by atoms with van der Waals surface area (Å²) in [7, 11) is 0. The van der Waals surface area contributed by atoms with Crippen LogP contribution in [0.4, 0.5) is 0 Å². The first-order valence-corrected chi connectivity index (χ1v) is 6.32. The van der Waals surface area contributed by atoms with Crippen molar-refractivity contribution in [3.8, 4) is 5.75 Å². The van der Waals surface area contributed by atoms with Crippen LogP contribution in [0.5, 0.6) is 5.75 Å². The molecule has 0 atom stereocenters. The molecule has 1 aromatic carbocycles. The molecule has 2 N–H and O–H groups in total. The van der Waals surface area contributed by atoms with Crippen molar-refractivity contribution in [3.63, 3.8) is 0 Å². The number of carbonyl (C=O) groups excluding carboxylic acids is 1. The van der Waals surface area contributed by atoms with Gasteiger partial charge in [0, 0.05) is 13.2 Å². The van der Waals surface area contributed by atoms with E-state index in [9.17, 15) is 4.79 Å². The summed E-state index contributed by atoms with van der Waals surface area (Å²) in [5.74, 6) is 0.395. The average Bonchev–Trinajstić information content (AvgIpc) is 2.38. The molecular weight excluding hydrogens is 246 g/mol. The van der Waals surface area contributed by atoms with Crippen molar-refractivity contribution in [2.75, 3.05) is 33.0 Å². The summed E-state index contributed by atoms with van der Waals surface area (Å²) >= 11 is 0. The molecule has 0 heterocycles. The lowest BCUT2D eigenvalue weighted by Crippen LogP contribution is -2.18. The first-order chi connectivity index (χ1) is 9.18. The lowest BCUT2D eigenvalue weighted by atomic mass is 10.2. The molecule has 0 radical (unpaired) electrons. The maximum absolute atomic E-state index is 10.4. The maximum atomic E-state index is 10.4. The molecule has 1 amide bonds. The Morgan fingerprint density at radius 1 is 1.05 bits per heavy atom. The molecule has 0 spiro atoms. The number of nitrogens with two attached hydrogens (primary N) is 1. The number of aryl methyl sites for hydroxylation is 1. The molecule has 0 aromatic heterocycles. The molecule has 0 bridgehead atoms. The Bertz CT molecular complexity index is 364. The molecule has 0 saturated heterocycles. The van der Waals surface area contributed by atoms with E-state index in [4.69, 9.17) is 19.9 Å². The van der Waals surface area contributed by atoms with Gasteiger partial charge in [0.1, 0.15) is 19.0 Å². The highest BCUT2D eigenvalue weighted by Crippen LogP contribution is 2.10. The van der Waals surface area contributed by atoms with Gasteiger partial charge in [-0.15, -0.1) is 0 Å². The molecule has 0 aliphatic heterocycles. The summed E-state index contributed by atoms with van der Waals surface area (Å²) in [5, 5.41) is 0. The van der Waals surface area contributed by atoms with E-state index in [-0.39, 0.29) is 6.61 Å². The van der Waals surface area contributed by atoms with E-state index in [1.165, 1.54) is 5.56 Å². The van der Waals surface area contributed by atoms with Crippen molar-refractivity contribution in [2.24, 2.45) is 5.73 Å². The predicted molar refractivity (Wildman–Crippen MR) is 72.1 cm³/mol. The summed E-state index contributed by atoms with van der Waals surface area (Å²) in [6.45, 7) is 4.11. The second kappa shape index (κ2) is 9.35. The molecule has 0 saturated carbocycles. The largest absolute Gasteiger partial charge is 0.491 e. The van der Waals surface area contributed by atoms with Gasteiger partial charge in [0.2, 0.25) is 5.91 Å². The Morgan fingerprint density at radius 2 is 1.74 bits per heavy atom. The van der Waals surface area contributed by atoms with Crippen molar-refractivity contribution in [2.45, 2.75) is 13.3 Å². The summed E-state index contributed by atoms with van der Waals surface area (Å²) in [6.07, 6.45) is 0.734. The van der Waals surface area contributed by atoms with Crippen LogP contribution in [0.3, 0.4) is 0 Å². The van der Waals surface area contributed by atoms with Gasteiger partial charge in [-0.05, 0) is 25.5 Å². The lowest BCUT2D eigenvalue weighted by molar-refractivity contribution is -0.122. The fourth-order valence-electron chi connectivity index (χ4n) is 1.39. The van der Waals surface area contributed by atoms with Gasteiger partial charge in [-0.1, -0.05) is 17.7 Å². The molecule has 0 aliphatic carbocycles. The summed E-state index contributed by atoms with van der Waals surface area (Å²) in [4.78, 5) is 10.4. The van der Waals surface area contributed by atoms with Gasteiger partial charge in [-0.3, -0.25) is 4.79 Å². The summed E-state index contributed by atoms with van der Waals surface area (Å²) in [6, 6.07) is 7.89. The highest BCUT2D eigenvalue weighted by Gasteiger charge is 1.95. The Balaban J connectivity index is 1.91. The van der Waals surface area contributed by atoms with Crippen LogP contribution in [0.15, 0.2) is 24.3 Å². The molecule has 0 unspecified atom stereocenters. The smallest absolute Gasteiger partial charge is 0.243 e. The molecule has 0 aliphatic rings. The van der Waals surface area contributed by atoms with Gasteiger partial charge < -0.3 is 19.9 Å². The highest BCUT2D eigenvalue weighted by molar-refractivity contribution is 5.74. The van der Waals surface area contributed by atoms with Crippen molar-refractivity contribution >= 4 is 5.91 Å².